The molecule has 0 bridgehead atoms. The van der Waals surface area contributed by atoms with Crippen LogP contribution >= 0.6 is 0 Å². The molecule has 1 aromatic carbocycles. The minimum absolute atomic E-state index is 0.136. The summed E-state index contributed by atoms with van der Waals surface area (Å²) in [4.78, 5) is 16.2. The van der Waals surface area contributed by atoms with Gasteiger partial charge < -0.3 is 20.1 Å². The summed E-state index contributed by atoms with van der Waals surface area (Å²) in [5.41, 5.74) is 2.37. The maximum atomic E-state index is 12.0. The summed E-state index contributed by atoms with van der Waals surface area (Å²) in [6.45, 7) is 5.84. The van der Waals surface area contributed by atoms with Crippen LogP contribution in [0.15, 0.2) is 36.5 Å². The highest BCUT2D eigenvalue weighted by atomic mass is 16.7. The first-order valence-corrected chi connectivity index (χ1v) is 8.48. The Hall–Kier alpha value is -2.76. The minimum atomic E-state index is -0.136. The quantitative estimate of drug-likeness (QED) is 0.809. The van der Waals surface area contributed by atoms with Crippen LogP contribution in [0.2, 0.25) is 0 Å². The van der Waals surface area contributed by atoms with Crippen LogP contribution in [0.1, 0.15) is 36.3 Å². The van der Waals surface area contributed by atoms with E-state index in [4.69, 9.17) is 9.47 Å². The summed E-state index contributed by atoms with van der Waals surface area (Å²) < 4.78 is 10.7. The topological polar surface area (TPSA) is 72.5 Å². The molecule has 1 aromatic heterocycles. The molecule has 3 rings (SSSR count). The molecule has 132 valence electrons. The number of ether oxygens (including phenoxy) is 2. The molecule has 0 saturated carbocycles. The maximum Gasteiger partial charge on any atom is 0.269 e. The molecule has 0 fully saturated rings. The molecule has 6 nitrogen and oxygen atoms in total. The van der Waals surface area contributed by atoms with Crippen molar-refractivity contribution in [2.45, 2.75) is 26.8 Å². The molecule has 1 aliphatic heterocycles. The van der Waals surface area contributed by atoms with Crippen molar-refractivity contribution in [3.05, 3.63) is 47.8 Å². The summed E-state index contributed by atoms with van der Waals surface area (Å²) in [7, 11) is 0. The van der Waals surface area contributed by atoms with Crippen LogP contribution in [0.5, 0.6) is 11.5 Å². The fraction of sp³-hybridized carbons (Fsp3) is 0.368. The second kappa shape index (κ2) is 7.88. The number of carbonyl (C=O) groups is 1. The van der Waals surface area contributed by atoms with Gasteiger partial charge in [0.2, 0.25) is 6.79 Å². The Bertz CT molecular complexity index is 729. The van der Waals surface area contributed by atoms with Gasteiger partial charge in [-0.3, -0.25) is 4.79 Å². The van der Waals surface area contributed by atoms with Gasteiger partial charge in [-0.1, -0.05) is 19.9 Å². The Morgan fingerprint density at radius 1 is 1.20 bits per heavy atom. The highest BCUT2D eigenvalue weighted by Crippen LogP contribution is 2.32. The summed E-state index contributed by atoms with van der Waals surface area (Å²) >= 11 is 0. The number of anilines is 1. The molecule has 0 atom stereocenters. The Morgan fingerprint density at radius 3 is 2.80 bits per heavy atom. The largest absolute Gasteiger partial charge is 0.454 e. The number of fused-ring (bicyclic) bond motifs is 1. The highest BCUT2D eigenvalue weighted by molar-refractivity contribution is 5.92. The van der Waals surface area contributed by atoms with Crippen molar-refractivity contribution in [3.8, 4) is 11.5 Å². The van der Waals surface area contributed by atoms with Gasteiger partial charge in [-0.25, -0.2) is 4.98 Å². The van der Waals surface area contributed by atoms with E-state index in [1.807, 2.05) is 24.3 Å². The molecule has 1 aliphatic rings. The number of nitrogens with one attached hydrogen (secondary N) is 2. The third kappa shape index (κ3) is 4.62. The number of nitrogens with zero attached hydrogens (tertiary/aromatic N) is 1. The molecule has 0 radical (unpaired) electrons. The molecule has 25 heavy (non-hydrogen) atoms. The van der Waals surface area contributed by atoms with Crippen LogP contribution in [0.4, 0.5) is 5.69 Å². The fourth-order valence-corrected chi connectivity index (χ4v) is 2.45. The van der Waals surface area contributed by atoms with Gasteiger partial charge in [0.15, 0.2) is 11.5 Å². The Kier molecular flexibility index (Phi) is 5.38. The zero-order valence-corrected chi connectivity index (χ0v) is 14.5. The van der Waals surface area contributed by atoms with Crippen molar-refractivity contribution < 1.29 is 14.3 Å². The van der Waals surface area contributed by atoms with E-state index >= 15 is 0 Å². The van der Waals surface area contributed by atoms with Crippen molar-refractivity contribution >= 4 is 11.6 Å². The molecule has 2 N–H and O–H groups in total. The van der Waals surface area contributed by atoms with Crippen LogP contribution in [-0.4, -0.2) is 24.2 Å². The van der Waals surface area contributed by atoms with E-state index in [9.17, 15) is 4.79 Å². The lowest BCUT2D eigenvalue weighted by Crippen LogP contribution is -2.26. The second-order valence-corrected chi connectivity index (χ2v) is 6.41. The average Bonchev–Trinajstić information content (AvgIpc) is 3.07. The van der Waals surface area contributed by atoms with E-state index in [0.29, 0.717) is 24.7 Å². The molecule has 0 spiro atoms. The highest BCUT2D eigenvalue weighted by Gasteiger charge is 2.13. The second-order valence-electron chi connectivity index (χ2n) is 6.41. The SMILES string of the molecule is CC(C)CCNC(=O)c1ccc(NCc2ccc3c(c2)OCO3)cn1. The number of carbonyl (C=O) groups excluding carboxylic acids is 1. The Morgan fingerprint density at radius 2 is 2.04 bits per heavy atom. The lowest BCUT2D eigenvalue weighted by molar-refractivity contribution is 0.0947. The molecular formula is C19H23N3O3. The molecule has 0 saturated heterocycles. The minimum Gasteiger partial charge on any atom is -0.454 e. The summed E-state index contributed by atoms with van der Waals surface area (Å²) in [5.74, 6) is 1.98. The van der Waals surface area contributed by atoms with Crippen LogP contribution < -0.4 is 20.1 Å². The van der Waals surface area contributed by atoms with Crippen molar-refractivity contribution in [3.63, 3.8) is 0 Å². The first kappa shape index (κ1) is 17.1. The predicted molar refractivity (Wildman–Crippen MR) is 95.9 cm³/mol. The molecule has 2 heterocycles. The van der Waals surface area contributed by atoms with E-state index in [2.05, 4.69) is 29.5 Å². The van der Waals surface area contributed by atoms with Gasteiger partial charge in [-0.05, 0) is 42.2 Å². The van der Waals surface area contributed by atoms with Crippen LogP contribution in [0.25, 0.3) is 0 Å². The van der Waals surface area contributed by atoms with E-state index < -0.39 is 0 Å². The number of benzene rings is 1. The normalized spacial score (nSPS) is 12.3. The Balaban J connectivity index is 1.51. The van der Waals surface area contributed by atoms with Gasteiger partial charge in [0.1, 0.15) is 5.69 Å². The van der Waals surface area contributed by atoms with Crippen LogP contribution in [-0.2, 0) is 6.54 Å². The Labute approximate surface area is 147 Å². The third-order valence-electron chi connectivity index (χ3n) is 3.94. The predicted octanol–water partition coefficient (Wildman–Crippen LogP) is 3.20. The third-order valence-corrected chi connectivity index (χ3v) is 3.94. The zero-order valence-electron chi connectivity index (χ0n) is 14.5. The van der Waals surface area contributed by atoms with Crippen molar-refractivity contribution in [1.29, 1.82) is 0 Å². The first-order chi connectivity index (χ1) is 12.1. The van der Waals surface area contributed by atoms with E-state index in [0.717, 1.165) is 29.2 Å². The van der Waals surface area contributed by atoms with Crippen molar-refractivity contribution in [1.82, 2.24) is 10.3 Å². The monoisotopic (exact) mass is 341 g/mol. The van der Waals surface area contributed by atoms with Gasteiger partial charge >= 0.3 is 0 Å². The lowest BCUT2D eigenvalue weighted by Gasteiger charge is -2.09. The summed E-state index contributed by atoms with van der Waals surface area (Å²) in [6, 6.07) is 9.44. The van der Waals surface area contributed by atoms with Gasteiger partial charge in [-0.15, -0.1) is 0 Å². The van der Waals surface area contributed by atoms with Crippen molar-refractivity contribution in [2.24, 2.45) is 5.92 Å². The smallest absolute Gasteiger partial charge is 0.269 e. The lowest BCUT2D eigenvalue weighted by atomic mass is 10.1. The van der Waals surface area contributed by atoms with E-state index in [1.165, 1.54) is 0 Å². The molecule has 2 aromatic rings. The fourth-order valence-electron chi connectivity index (χ4n) is 2.45. The molecule has 6 heteroatoms. The standard InChI is InChI=1S/C19H23N3O3/c1-13(2)7-8-20-19(23)16-5-4-15(11-22-16)21-10-14-3-6-17-18(9-14)25-12-24-17/h3-6,9,11,13,21H,7-8,10,12H2,1-2H3,(H,20,23). The summed E-state index contributed by atoms with van der Waals surface area (Å²) in [6.07, 6.45) is 2.63. The first-order valence-electron chi connectivity index (χ1n) is 8.48. The average molecular weight is 341 g/mol. The molecule has 1 amide bonds. The van der Waals surface area contributed by atoms with Crippen LogP contribution in [0, 0.1) is 5.92 Å². The zero-order chi connectivity index (χ0) is 17.6. The van der Waals surface area contributed by atoms with Gasteiger partial charge in [0, 0.05) is 13.1 Å². The molecule has 0 unspecified atom stereocenters. The van der Waals surface area contributed by atoms with E-state index in [1.54, 1.807) is 12.3 Å². The number of amides is 1. The van der Waals surface area contributed by atoms with Gasteiger partial charge in [-0.2, -0.15) is 0 Å². The number of aromatic nitrogens is 1. The van der Waals surface area contributed by atoms with Crippen LogP contribution in [0.3, 0.4) is 0 Å². The number of hydrogen-bond acceptors (Lipinski definition) is 5. The molecular weight excluding hydrogens is 318 g/mol. The molecule has 0 aliphatic carbocycles. The number of pyridine rings is 1. The summed E-state index contributed by atoms with van der Waals surface area (Å²) in [5, 5.41) is 6.17. The van der Waals surface area contributed by atoms with Crippen molar-refractivity contribution in [2.75, 3.05) is 18.7 Å². The van der Waals surface area contributed by atoms with Gasteiger partial charge in [0.05, 0.1) is 11.9 Å². The number of hydrogen-bond donors (Lipinski definition) is 2. The van der Waals surface area contributed by atoms with E-state index in [-0.39, 0.29) is 12.7 Å². The maximum absolute atomic E-state index is 12.0. The number of rotatable bonds is 7. The van der Waals surface area contributed by atoms with Gasteiger partial charge in [0.25, 0.3) is 5.91 Å².